The van der Waals surface area contributed by atoms with Crippen LogP contribution in [0.25, 0.3) is 0 Å². The summed E-state index contributed by atoms with van der Waals surface area (Å²) in [6.07, 6.45) is 23.4. The van der Waals surface area contributed by atoms with Crippen LogP contribution in [0.3, 0.4) is 0 Å². The van der Waals surface area contributed by atoms with E-state index in [1.807, 2.05) is 0 Å². The maximum absolute atomic E-state index is 9.56. The Bertz CT molecular complexity index is 430. The smallest absolute Gasteiger partial charge is 0.344 e. The topological polar surface area (TPSA) is 98.6 Å². The van der Waals surface area contributed by atoms with Gasteiger partial charge < -0.3 is 10.6 Å². The van der Waals surface area contributed by atoms with E-state index in [0.717, 1.165) is 4.48 Å². The molecule has 4 N–H and O–H groups in total. The predicted molar refractivity (Wildman–Crippen MR) is 138 cm³/mol. The van der Waals surface area contributed by atoms with Crippen molar-refractivity contribution in [3.63, 3.8) is 0 Å². The maximum Gasteiger partial charge on any atom is 0.397 e. The Morgan fingerprint density at radius 2 is 0.935 bits per heavy atom. The lowest BCUT2D eigenvalue weighted by atomic mass is 10.0. The summed E-state index contributed by atoms with van der Waals surface area (Å²) >= 11 is 0. The van der Waals surface area contributed by atoms with Gasteiger partial charge in [0, 0.05) is 0 Å². The summed E-state index contributed by atoms with van der Waals surface area (Å²) in [5.74, 6) is 0. The van der Waals surface area contributed by atoms with Crippen LogP contribution in [0.5, 0.6) is 0 Å². The number of unbranched alkanes of at least 4 members (excludes halogenated alkanes) is 15. The second-order valence-electron chi connectivity index (χ2n) is 9.15. The molecule has 31 heavy (non-hydrogen) atoms. The van der Waals surface area contributed by atoms with Gasteiger partial charge in [-0.3, -0.25) is 4.55 Å². The van der Waals surface area contributed by atoms with Crippen molar-refractivity contribution >= 4 is 22.8 Å². The van der Waals surface area contributed by atoms with E-state index in [2.05, 4.69) is 32.2 Å². The Morgan fingerprint density at radius 3 is 1.13 bits per heavy atom. The number of nitrogens with zero attached hydrogens (tertiary/aromatic N) is 1. The van der Waals surface area contributed by atoms with E-state index in [0.29, 0.717) is 0 Å². The summed E-state index contributed by atoms with van der Waals surface area (Å²) in [4.78, 5) is 0. The molecular formula is C23H56ClN2O4S+. The summed E-state index contributed by atoms with van der Waals surface area (Å²) < 4.78 is 31.8. The van der Waals surface area contributed by atoms with Crippen LogP contribution in [0, 0.1) is 0 Å². The number of halogens is 1. The van der Waals surface area contributed by atoms with Crippen molar-refractivity contribution in [1.29, 1.82) is 0 Å². The van der Waals surface area contributed by atoms with Crippen LogP contribution in [0.4, 0.5) is 0 Å². The van der Waals surface area contributed by atoms with Gasteiger partial charge in [-0.1, -0.05) is 96.8 Å². The zero-order chi connectivity index (χ0) is 22.4. The minimum absolute atomic E-state index is 0. The van der Waals surface area contributed by atoms with Gasteiger partial charge >= 0.3 is 10.4 Å². The van der Waals surface area contributed by atoms with Gasteiger partial charge in [0.2, 0.25) is 0 Å². The molecule has 0 atom stereocenters. The molecule has 194 valence electrons. The molecule has 0 aromatic carbocycles. The normalized spacial score (nSPS) is 11.2. The van der Waals surface area contributed by atoms with Gasteiger partial charge in [-0.2, -0.15) is 8.42 Å². The average Bonchev–Trinajstić information content (AvgIpc) is 2.60. The molecule has 0 aliphatic rings. The van der Waals surface area contributed by atoms with Gasteiger partial charge in [0.15, 0.2) is 0 Å². The van der Waals surface area contributed by atoms with Crippen LogP contribution < -0.4 is 6.15 Å². The largest absolute Gasteiger partial charge is 0.397 e. The molecule has 0 aromatic heterocycles. The first-order valence-electron chi connectivity index (χ1n) is 12.0. The first-order chi connectivity index (χ1) is 13.6. The van der Waals surface area contributed by atoms with Crippen LogP contribution in [-0.4, -0.2) is 51.7 Å². The second-order valence-corrected chi connectivity index (χ2v) is 10.2. The van der Waals surface area contributed by atoms with Crippen LogP contribution in [-0.2, 0) is 14.6 Å². The van der Waals surface area contributed by atoms with Gasteiger partial charge in [-0.05, 0) is 19.8 Å². The Balaban J connectivity index is -0.000000349. The van der Waals surface area contributed by atoms with Gasteiger partial charge in [0.25, 0.3) is 0 Å². The third-order valence-corrected chi connectivity index (χ3v) is 5.48. The van der Waals surface area contributed by atoms with Gasteiger partial charge in [-0.25, -0.2) is 4.18 Å². The Labute approximate surface area is 201 Å². The highest BCUT2D eigenvalue weighted by Gasteiger charge is 2.05. The Kier molecular flexibility index (Phi) is 32.6. The Hall–Kier alpha value is 0.0800. The lowest BCUT2D eigenvalue weighted by Gasteiger charge is -2.23. The molecule has 8 heteroatoms. The Morgan fingerprint density at radius 1 is 0.645 bits per heavy atom. The summed E-state index contributed by atoms with van der Waals surface area (Å²) in [6, 6.07) is 0. The van der Waals surface area contributed by atoms with Crippen molar-refractivity contribution in [2.24, 2.45) is 0 Å². The van der Waals surface area contributed by atoms with Gasteiger partial charge in [-0.15, -0.1) is 12.4 Å². The monoisotopic (exact) mass is 491 g/mol. The fourth-order valence-corrected chi connectivity index (χ4v) is 3.58. The van der Waals surface area contributed by atoms with Crippen molar-refractivity contribution in [3.8, 4) is 0 Å². The van der Waals surface area contributed by atoms with Crippen LogP contribution >= 0.6 is 12.4 Å². The van der Waals surface area contributed by atoms with E-state index < -0.39 is 10.4 Å². The zero-order valence-electron chi connectivity index (χ0n) is 21.4. The lowest BCUT2D eigenvalue weighted by molar-refractivity contribution is -0.870. The van der Waals surface area contributed by atoms with Crippen LogP contribution in [0.15, 0.2) is 0 Å². The molecule has 0 radical (unpaired) electrons. The van der Waals surface area contributed by atoms with Crippen molar-refractivity contribution in [2.45, 2.75) is 117 Å². The molecule has 0 heterocycles. The number of quaternary nitrogens is 1. The van der Waals surface area contributed by atoms with E-state index in [4.69, 9.17) is 4.55 Å². The molecule has 0 amide bonds. The number of hydrogen-bond acceptors (Lipinski definition) is 4. The quantitative estimate of drug-likeness (QED) is 0.112. The summed E-state index contributed by atoms with van der Waals surface area (Å²) in [6.45, 7) is 5.07. The SMILES string of the molecule is CCCCCCCCCCCCCCCCCC[N+](C)(C)C.CCOS(=O)(=O)O.Cl.N. The minimum Gasteiger partial charge on any atom is -0.344 e. The van der Waals surface area contributed by atoms with Crippen molar-refractivity contribution in [3.05, 3.63) is 0 Å². The van der Waals surface area contributed by atoms with Crippen LogP contribution in [0.1, 0.15) is 117 Å². The molecule has 0 aromatic rings. The third-order valence-electron chi connectivity index (χ3n) is 4.95. The molecule has 0 spiro atoms. The molecule has 0 saturated carbocycles. The van der Waals surface area contributed by atoms with E-state index in [1.165, 1.54) is 116 Å². The predicted octanol–water partition coefficient (Wildman–Crippen LogP) is 7.36. The fourth-order valence-electron chi connectivity index (χ4n) is 3.28. The maximum atomic E-state index is 9.56. The van der Waals surface area contributed by atoms with E-state index in [1.54, 1.807) is 0 Å². The molecule has 0 aliphatic heterocycles. The molecule has 0 unspecified atom stereocenters. The number of rotatable bonds is 19. The molecule has 0 aliphatic carbocycles. The van der Waals surface area contributed by atoms with Crippen molar-refractivity contribution < 1.29 is 21.6 Å². The minimum atomic E-state index is -4.17. The van der Waals surface area contributed by atoms with Gasteiger partial charge in [0.1, 0.15) is 0 Å². The first-order valence-corrected chi connectivity index (χ1v) is 13.4. The second kappa shape index (κ2) is 26.3. The van der Waals surface area contributed by atoms with E-state index in [9.17, 15) is 8.42 Å². The highest BCUT2D eigenvalue weighted by molar-refractivity contribution is 7.80. The lowest BCUT2D eigenvalue weighted by Crippen LogP contribution is -2.35. The zero-order valence-corrected chi connectivity index (χ0v) is 23.0. The molecular weight excluding hydrogens is 436 g/mol. The average molecular weight is 492 g/mol. The van der Waals surface area contributed by atoms with E-state index in [-0.39, 0.29) is 25.2 Å². The fraction of sp³-hybridized carbons (Fsp3) is 1.00. The number of hydrogen-bond donors (Lipinski definition) is 2. The third kappa shape index (κ3) is 44.5. The molecule has 0 bridgehead atoms. The first kappa shape index (κ1) is 38.3. The molecule has 6 nitrogen and oxygen atoms in total. The summed E-state index contributed by atoms with van der Waals surface area (Å²) in [7, 11) is 2.72. The summed E-state index contributed by atoms with van der Waals surface area (Å²) in [5, 5.41) is 0. The van der Waals surface area contributed by atoms with Crippen LogP contribution in [0.2, 0.25) is 0 Å². The van der Waals surface area contributed by atoms with E-state index >= 15 is 0 Å². The standard InChI is InChI=1S/C21H46N.C2H6O4S.ClH.H3N/c1-5-6-7-8-9-10-11-12-13-14-15-16-17-18-19-20-21-22(2,3)4;1-2-6-7(3,4)5;;/h5-21H2,1-4H3;2H2,1H3,(H,3,4,5);1H;1H3/q+1;;;. The highest BCUT2D eigenvalue weighted by Crippen LogP contribution is 2.13. The van der Waals surface area contributed by atoms with Crippen molar-refractivity contribution in [2.75, 3.05) is 34.3 Å². The van der Waals surface area contributed by atoms with Gasteiger partial charge in [0.05, 0.1) is 34.3 Å². The highest BCUT2D eigenvalue weighted by atomic mass is 35.5. The molecule has 0 fully saturated rings. The summed E-state index contributed by atoms with van der Waals surface area (Å²) in [5.41, 5.74) is 0. The molecule has 0 saturated heterocycles. The van der Waals surface area contributed by atoms with Crippen molar-refractivity contribution in [1.82, 2.24) is 6.15 Å². The molecule has 0 rings (SSSR count).